The van der Waals surface area contributed by atoms with Crippen molar-refractivity contribution in [1.29, 1.82) is 0 Å². The molecule has 0 saturated heterocycles. The van der Waals surface area contributed by atoms with Crippen molar-refractivity contribution in [1.82, 2.24) is 0 Å². The van der Waals surface area contributed by atoms with Crippen LogP contribution in [0.2, 0.25) is 0 Å². The fraction of sp³-hybridized carbons (Fsp3) is 0.125. The Bertz CT molecular complexity index is 3260. The second kappa shape index (κ2) is 16.6. The van der Waals surface area contributed by atoms with Crippen LogP contribution in [-0.4, -0.2) is 6.04 Å². The first-order valence-electron chi connectivity index (χ1n) is 23.6. The highest BCUT2D eigenvalue weighted by Gasteiger charge is 2.46. The van der Waals surface area contributed by atoms with Crippen molar-refractivity contribution in [2.75, 3.05) is 4.90 Å². The van der Waals surface area contributed by atoms with Crippen molar-refractivity contribution in [3.8, 4) is 33.4 Å². The van der Waals surface area contributed by atoms with E-state index in [2.05, 4.69) is 235 Å². The molecule has 12 rings (SSSR count). The molecule has 9 aromatic rings. The zero-order valence-corrected chi connectivity index (χ0v) is 36.7. The van der Waals surface area contributed by atoms with Gasteiger partial charge in [0.15, 0.2) is 0 Å². The maximum absolute atomic E-state index is 2.55. The van der Waals surface area contributed by atoms with Crippen molar-refractivity contribution in [3.63, 3.8) is 0 Å². The van der Waals surface area contributed by atoms with Gasteiger partial charge >= 0.3 is 0 Å². The second-order valence-electron chi connectivity index (χ2n) is 18.3. The molecule has 312 valence electrons. The maximum atomic E-state index is 2.55. The van der Waals surface area contributed by atoms with Crippen LogP contribution in [0, 0.1) is 0 Å². The first-order chi connectivity index (χ1) is 32.2. The molecule has 1 nitrogen and oxygen atoms in total. The van der Waals surface area contributed by atoms with Gasteiger partial charge in [0.05, 0.1) is 6.04 Å². The van der Waals surface area contributed by atoms with Crippen LogP contribution in [-0.2, 0) is 5.41 Å². The second-order valence-corrected chi connectivity index (χ2v) is 18.3. The van der Waals surface area contributed by atoms with Gasteiger partial charge in [-0.25, -0.2) is 0 Å². The lowest BCUT2D eigenvalue weighted by molar-refractivity contribution is 0.335. The SMILES string of the molecule is C1=CC(N(c2ccccc2)c2ccccc2)CC2=C1c1ccc(C=Cc3ccc4cc(-c5cccc6c(-c7ccccc7)ccc(-c7ccccc7)c56)ccc4c3)cc1C21CCCCC1. The third-order valence-corrected chi connectivity index (χ3v) is 14.6. The van der Waals surface area contributed by atoms with Gasteiger partial charge in [0.2, 0.25) is 0 Å². The summed E-state index contributed by atoms with van der Waals surface area (Å²) in [5.41, 5.74) is 18.7. The van der Waals surface area contributed by atoms with Gasteiger partial charge in [-0.3, -0.25) is 0 Å². The molecule has 0 aromatic heterocycles. The minimum absolute atomic E-state index is 0.102. The number of para-hydroxylation sites is 2. The summed E-state index contributed by atoms with van der Waals surface area (Å²) < 4.78 is 0. The molecule has 1 saturated carbocycles. The third-order valence-electron chi connectivity index (χ3n) is 14.6. The predicted molar refractivity (Wildman–Crippen MR) is 277 cm³/mol. The predicted octanol–water partition coefficient (Wildman–Crippen LogP) is 17.3. The third kappa shape index (κ3) is 7.04. The molecular weight excluding hydrogens is 783 g/mol. The lowest BCUT2D eigenvalue weighted by Crippen LogP contribution is -2.36. The van der Waals surface area contributed by atoms with E-state index in [0.717, 1.165) is 6.42 Å². The smallest absolute Gasteiger partial charge is 0.0563 e. The van der Waals surface area contributed by atoms with E-state index in [1.54, 1.807) is 11.1 Å². The number of nitrogens with zero attached hydrogens (tertiary/aromatic N) is 1. The van der Waals surface area contributed by atoms with Gasteiger partial charge in [0.1, 0.15) is 0 Å². The maximum Gasteiger partial charge on any atom is 0.0563 e. The molecule has 0 bridgehead atoms. The van der Waals surface area contributed by atoms with E-state index < -0.39 is 0 Å². The molecular formula is C64H51N. The summed E-state index contributed by atoms with van der Waals surface area (Å²) in [5.74, 6) is 0. The summed E-state index contributed by atoms with van der Waals surface area (Å²) in [6.07, 6.45) is 17.0. The van der Waals surface area contributed by atoms with Gasteiger partial charge in [-0.1, -0.05) is 213 Å². The first-order valence-corrected chi connectivity index (χ1v) is 23.6. The highest BCUT2D eigenvalue weighted by Crippen LogP contribution is 2.58. The van der Waals surface area contributed by atoms with Crippen LogP contribution in [0.5, 0.6) is 0 Å². The van der Waals surface area contributed by atoms with E-state index in [0.29, 0.717) is 0 Å². The van der Waals surface area contributed by atoms with E-state index in [9.17, 15) is 0 Å². The van der Waals surface area contributed by atoms with Crippen LogP contribution in [0.4, 0.5) is 11.4 Å². The normalized spacial score (nSPS) is 16.3. The molecule has 0 radical (unpaired) electrons. The number of allylic oxidation sites excluding steroid dienone is 2. The largest absolute Gasteiger partial charge is 0.334 e. The standard InChI is InChI=1S/C64H51N/c1-6-17-47(18-7-1)55-37-38-57(48-19-8-2-9-20-48)63-56(25-16-26-60(55)63)51-33-32-49-41-45(29-31-50(49)43-51)27-28-46-30-35-58-59-36-34-54(44-62(59)64(61(58)42-46)39-14-5-15-40-64)65(52-21-10-3-11-22-52)53-23-12-4-13-24-53/h1-4,6-13,16-38,41-43,54H,5,14-15,39-40,44H2. The lowest BCUT2D eigenvalue weighted by Gasteiger charge is -2.41. The van der Waals surface area contributed by atoms with Crippen LogP contribution >= 0.6 is 0 Å². The average Bonchev–Trinajstić information content (AvgIpc) is 3.63. The van der Waals surface area contributed by atoms with E-state index in [4.69, 9.17) is 0 Å². The van der Waals surface area contributed by atoms with Gasteiger partial charge in [-0.05, 0) is 144 Å². The first kappa shape index (κ1) is 39.1. The Balaban J connectivity index is 0.853. The van der Waals surface area contributed by atoms with Crippen molar-refractivity contribution in [2.45, 2.75) is 50.0 Å². The van der Waals surface area contributed by atoms with Crippen molar-refractivity contribution < 1.29 is 0 Å². The van der Waals surface area contributed by atoms with Crippen LogP contribution < -0.4 is 4.90 Å². The van der Waals surface area contributed by atoms with Gasteiger partial charge < -0.3 is 4.90 Å². The molecule has 0 N–H and O–H groups in total. The van der Waals surface area contributed by atoms with E-state index in [1.807, 2.05) is 0 Å². The van der Waals surface area contributed by atoms with Gasteiger partial charge in [0.25, 0.3) is 0 Å². The topological polar surface area (TPSA) is 3.24 Å². The quantitative estimate of drug-likeness (QED) is 0.138. The molecule has 1 fully saturated rings. The Labute approximate surface area is 383 Å². The summed E-state index contributed by atoms with van der Waals surface area (Å²) in [5, 5.41) is 5.05. The minimum atomic E-state index is 0.102. The number of rotatable bonds is 8. The number of fused-ring (bicyclic) bond motifs is 6. The minimum Gasteiger partial charge on any atom is -0.334 e. The van der Waals surface area contributed by atoms with Gasteiger partial charge in [-0.2, -0.15) is 0 Å². The Hall–Kier alpha value is -7.48. The summed E-state index contributed by atoms with van der Waals surface area (Å²) in [4.78, 5) is 2.55. The summed E-state index contributed by atoms with van der Waals surface area (Å²) >= 11 is 0. The highest BCUT2D eigenvalue weighted by atomic mass is 15.2. The van der Waals surface area contributed by atoms with E-state index >= 15 is 0 Å². The Kier molecular flexibility index (Phi) is 9.98. The van der Waals surface area contributed by atoms with Gasteiger partial charge in [-0.15, -0.1) is 0 Å². The van der Waals surface area contributed by atoms with Crippen LogP contribution in [0.25, 0.3) is 72.7 Å². The highest BCUT2D eigenvalue weighted by molar-refractivity contribution is 6.12. The average molecular weight is 834 g/mol. The number of anilines is 2. The number of hydrogen-bond acceptors (Lipinski definition) is 1. The zero-order valence-electron chi connectivity index (χ0n) is 36.7. The molecule has 65 heavy (non-hydrogen) atoms. The van der Waals surface area contributed by atoms with Crippen molar-refractivity contribution in [3.05, 3.63) is 246 Å². The molecule has 0 amide bonds. The fourth-order valence-electron chi connectivity index (χ4n) is 11.6. The molecule has 9 aromatic carbocycles. The molecule has 0 aliphatic heterocycles. The molecule has 1 heteroatoms. The number of benzene rings is 9. The summed E-state index contributed by atoms with van der Waals surface area (Å²) in [6.45, 7) is 0. The van der Waals surface area contributed by atoms with Crippen LogP contribution in [0.1, 0.15) is 60.8 Å². The van der Waals surface area contributed by atoms with E-state index in [1.165, 1.54) is 121 Å². The fourth-order valence-corrected chi connectivity index (χ4v) is 11.6. The number of hydrogen-bond donors (Lipinski definition) is 0. The van der Waals surface area contributed by atoms with Crippen molar-refractivity contribution >= 4 is 50.6 Å². The molecule has 1 unspecified atom stereocenters. The van der Waals surface area contributed by atoms with Crippen molar-refractivity contribution in [2.24, 2.45) is 0 Å². The molecule has 1 spiro atoms. The van der Waals surface area contributed by atoms with E-state index in [-0.39, 0.29) is 11.5 Å². The monoisotopic (exact) mass is 833 g/mol. The van der Waals surface area contributed by atoms with Crippen LogP contribution in [0.15, 0.2) is 224 Å². The molecule has 0 heterocycles. The lowest BCUT2D eigenvalue weighted by atomic mass is 9.65. The molecule has 1 atom stereocenters. The summed E-state index contributed by atoms with van der Waals surface area (Å²) in [7, 11) is 0. The Morgan fingerprint density at radius 3 is 1.72 bits per heavy atom. The zero-order chi connectivity index (χ0) is 43.2. The van der Waals surface area contributed by atoms with Gasteiger partial charge in [0, 0.05) is 16.8 Å². The molecule has 3 aliphatic carbocycles. The molecule has 3 aliphatic rings. The Morgan fingerprint density at radius 2 is 1.02 bits per heavy atom. The Morgan fingerprint density at radius 1 is 0.446 bits per heavy atom. The summed E-state index contributed by atoms with van der Waals surface area (Å²) in [6, 6.07) is 76.4. The van der Waals surface area contributed by atoms with Crippen LogP contribution in [0.3, 0.4) is 0 Å².